The van der Waals surface area contributed by atoms with Crippen LogP contribution in [0.1, 0.15) is 94.0 Å². The van der Waals surface area contributed by atoms with Gasteiger partial charge in [0.2, 0.25) is 5.78 Å². The fraction of sp³-hybridized carbons (Fsp3) is 0.525. The molecule has 0 bridgehead atoms. The molecule has 0 radical (unpaired) electrons. The molecule has 2 atom stereocenters. The lowest BCUT2D eigenvalue weighted by molar-refractivity contribution is -0.172. The summed E-state index contributed by atoms with van der Waals surface area (Å²) in [6.45, 7) is 12.9. The van der Waals surface area contributed by atoms with E-state index in [2.05, 4.69) is 68.8 Å². The number of allylic oxidation sites excluding steroid dienone is 2. The van der Waals surface area contributed by atoms with E-state index < -0.39 is 0 Å². The Labute approximate surface area is 279 Å². The maximum Gasteiger partial charge on any atom is 0.237 e. The number of rotatable bonds is 5. The maximum atomic E-state index is 13.3. The van der Waals surface area contributed by atoms with Crippen LogP contribution in [0.5, 0.6) is 5.75 Å². The third kappa shape index (κ3) is 6.36. The lowest BCUT2D eigenvalue weighted by atomic mass is 9.46. The first-order valence-corrected chi connectivity index (χ1v) is 17.2. The molecule has 6 rings (SSSR count). The van der Waals surface area contributed by atoms with E-state index in [0.29, 0.717) is 40.2 Å². The molecule has 3 aliphatic carbocycles. The van der Waals surface area contributed by atoms with Crippen LogP contribution in [0.2, 0.25) is 5.02 Å². The van der Waals surface area contributed by atoms with Crippen molar-refractivity contribution in [3.05, 3.63) is 69.5 Å². The first-order chi connectivity index (χ1) is 22.0. The quantitative estimate of drug-likeness (QED) is 0.157. The van der Waals surface area contributed by atoms with Crippen LogP contribution in [0, 0.1) is 75.4 Å². The van der Waals surface area contributed by atoms with Crippen molar-refractivity contribution in [3.63, 3.8) is 0 Å². The number of carbonyl (C=O) groups excluding carboxylic acids is 1. The number of nitrogens with one attached hydrogen (secondary N) is 1. The molecule has 238 valence electrons. The van der Waals surface area contributed by atoms with Crippen LogP contribution in [0.3, 0.4) is 0 Å². The molecule has 0 amide bonds. The van der Waals surface area contributed by atoms with Gasteiger partial charge in [-0.2, -0.15) is 5.26 Å². The number of hydrogen-bond donors (Lipinski definition) is 1. The number of ether oxygens (including phenoxy) is 1. The molecule has 1 N–H and O–H groups in total. The van der Waals surface area contributed by atoms with Gasteiger partial charge in [-0.15, -0.1) is 0 Å². The number of nitriles is 1. The number of nitrogens with zero attached hydrogens (tertiary/aromatic N) is 2. The first-order valence-electron chi connectivity index (χ1n) is 16.8. The van der Waals surface area contributed by atoms with E-state index >= 15 is 0 Å². The minimum Gasteiger partial charge on any atom is -0.489 e. The van der Waals surface area contributed by atoms with Crippen molar-refractivity contribution < 1.29 is 9.53 Å². The van der Waals surface area contributed by atoms with Gasteiger partial charge in [0.05, 0.1) is 21.8 Å². The molecule has 1 aromatic carbocycles. The second kappa shape index (κ2) is 12.9. The van der Waals surface area contributed by atoms with Crippen molar-refractivity contribution in [2.75, 3.05) is 13.1 Å². The standard InChI is InChI=1S/C40H44ClN3O2/c1-6-35-33(14-12-31(44-35)11-8-25-17-27(18-25)19-26-7-9-29-23-43-24-30(29)20-26)36(45)15-16-37-39(2,3)38(40(37,4)5)46-32-13-10-28(22-42)34(41)21-32/h10,12-14,19,21,25,27,29-30,37-38,43H,6-7,9,17-18,20,23-24H2,1-5H3/b26-19-. The number of aryl methyl sites for hydroxylation is 1. The van der Waals surface area contributed by atoms with Crippen molar-refractivity contribution in [3.8, 4) is 35.5 Å². The monoisotopic (exact) mass is 633 g/mol. The van der Waals surface area contributed by atoms with Crippen LogP contribution in [0.4, 0.5) is 0 Å². The maximum absolute atomic E-state index is 13.3. The summed E-state index contributed by atoms with van der Waals surface area (Å²) in [4.78, 5) is 18.1. The summed E-state index contributed by atoms with van der Waals surface area (Å²) in [6.07, 6.45) is 9.23. The predicted molar refractivity (Wildman–Crippen MR) is 182 cm³/mol. The number of ketones is 1. The normalized spacial score (nSPS) is 29.5. The molecule has 1 aliphatic heterocycles. The number of Topliss-reactive ketones (excluding diaryl/α,β-unsaturated/α-hetero) is 1. The number of hydrogen-bond acceptors (Lipinski definition) is 5. The summed E-state index contributed by atoms with van der Waals surface area (Å²) in [5.74, 6) is 16.2. The van der Waals surface area contributed by atoms with Crippen LogP contribution in [0.15, 0.2) is 42.0 Å². The second-order valence-corrected chi connectivity index (χ2v) is 15.3. The summed E-state index contributed by atoms with van der Waals surface area (Å²) in [5.41, 5.74) is 3.50. The third-order valence-corrected chi connectivity index (χ3v) is 11.2. The Morgan fingerprint density at radius 3 is 2.59 bits per heavy atom. The minimum absolute atomic E-state index is 0.0531. The SMILES string of the molecule is CCc1nc(C#CC2CC(/C=C3/CCC4CNCC4C3)C2)ccc1C(=O)C#CC1C(C)(C)C(Oc2ccc(C#N)c(Cl)c2)C1(C)C. The highest BCUT2D eigenvalue weighted by molar-refractivity contribution is 6.31. The van der Waals surface area contributed by atoms with Crippen LogP contribution >= 0.6 is 11.6 Å². The number of aromatic nitrogens is 1. The van der Waals surface area contributed by atoms with Gasteiger partial charge in [-0.3, -0.25) is 4.79 Å². The van der Waals surface area contributed by atoms with Crippen LogP contribution in [-0.2, 0) is 6.42 Å². The van der Waals surface area contributed by atoms with E-state index in [9.17, 15) is 10.1 Å². The Morgan fingerprint density at radius 2 is 1.87 bits per heavy atom. The highest BCUT2D eigenvalue weighted by atomic mass is 35.5. The molecule has 5 nitrogen and oxygen atoms in total. The Hall–Kier alpha value is -3.56. The predicted octanol–water partition coefficient (Wildman–Crippen LogP) is 7.81. The highest BCUT2D eigenvalue weighted by Gasteiger charge is 2.63. The van der Waals surface area contributed by atoms with Gasteiger partial charge in [0.25, 0.3) is 0 Å². The Balaban J connectivity index is 1.06. The number of halogens is 1. The topological polar surface area (TPSA) is 75.0 Å². The van der Waals surface area contributed by atoms with Crippen LogP contribution in [-0.4, -0.2) is 30.0 Å². The van der Waals surface area contributed by atoms with Crippen LogP contribution < -0.4 is 10.1 Å². The molecular formula is C40H44ClN3O2. The fourth-order valence-corrected chi connectivity index (χ4v) is 8.81. The van der Waals surface area contributed by atoms with Gasteiger partial charge in [0, 0.05) is 28.7 Å². The minimum atomic E-state index is -0.299. The molecule has 0 spiro atoms. The Morgan fingerprint density at radius 1 is 1.11 bits per heavy atom. The van der Waals surface area contributed by atoms with Gasteiger partial charge in [0.15, 0.2) is 0 Å². The lowest BCUT2D eigenvalue weighted by Gasteiger charge is -2.61. The van der Waals surface area contributed by atoms with E-state index in [-0.39, 0.29) is 28.6 Å². The molecule has 3 saturated carbocycles. The van der Waals surface area contributed by atoms with Gasteiger partial charge >= 0.3 is 0 Å². The van der Waals surface area contributed by atoms with Crippen molar-refractivity contribution in [1.82, 2.24) is 10.3 Å². The van der Waals surface area contributed by atoms with E-state index in [1.807, 2.05) is 19.1 Å². The molecule has 2 aromatic rings. The van der Waals surface area contributed by atoms with Crippen molar-refractivity contribution in [2.45, 2.75) is 79.2 Å². The van der Waals surface area contributed by atoms with Gasteiger partial charge in [-0.25, -0.2) is 4.98 Å². The van der Waals surface area contributed by atoms with E-state index in [1.54, 1.807) is 23.8 Å². The molecule has 46 heavy (non-hydrogen) atoms. The summed E-state index contributed by atoms with van der Waals surface area (Å²) in [5, 5.41) is 13.1. The van der Waals surface area contributed by atoms with E-state index in [1.165, 1.54) is 32.4 Å². The smallest absolute Gasteiger partial charge is 0.237 e. The summed E-state index contributed by atoms with van der Waals surface area (Å²) < 4.78 is 6.36. The second-order valence-electron chi connectivity index (χ2n) is 14.9. The molecule has 4 aliphatic rings. The molecule has 2 unspecified atom stereocenters. The molecule has 6 heteroatoms. The lowest BCUT2D eigenvalue weighted by Crippen LogP contribution is -2.65. The number of fused-ring (bicyclic) bond motifs is 1. The molecule has 1 aromatic heterocycles. The summed E-state index contributed by atoms with van der Waals surface area (Å²) in [6, 6.07) is 10.9. The summed E-state index contributed by atoms with van der Waals surface area (Å²) >= 11 is 6.23. The zero-order valence-electron chi connectivity index (χ0n) is 27.7. The van der Waals surface area contributed by atoms with Gasteiger partial charge < -0.3 is 10.1 Å². The summed E-state index contributed by atoms with van der Waals surface area (Å²) in [7, 11) is 0. The van der Waals surface area contributed by atoms with Gasteiger partial charge in [-0.1, -0.05) is 69.7 Å². The number of benzene rings is 1. The van der Waals surface area contributed by atoms with E-state index in [4.69, 9.17) is 21.3 Å². The number of pyridine rings is 1. The third-order valence-electron chi connectivity index (χ3n) is 10.9. The van der Waals surface area contributed by atoms with Crippen molar-refractivity contribution >= 4 is 17.4 Å². The fourth-order valence-electron chi connectivity index (χ4n) is 8.60. The van der Waals surface area contributed by atoms with Crippen molar-refractivity contribution in [2.24, 2.45) is 40.4 Å². The Bertz CT molecular complexity index is 1700. The largest absolute Gasteiger partial charge is 0.489 e. The first kappa shape index (κ1) is 32.4. The Kier molecular flexibility index (Phi) is 9.09. The van der Waals surface area contributed by atoms with E-state index in [0.717, 1.165) is 36.1 Å². The molecule has 1 saturated heterocycles. The zero-order valence-corrected chi connectivity index (χ0v) is 28.4. The molecule has 4 fully saturated rings. The average molecular weight is 634 g/mol. The highest BCUT2D eigenvalue weighted by Crippen LogP contribution is 2.60. The van der Waals surface area contributed by atoms with Crippen LogP contribution in [0.25, 0.3) is 0 Å². The van der Waals surface area contributed by atoms with Gasteiger partial charge in [-0.05, 0) is 105 Å². The molecular weight excluding hydrogens is 590 g/mol. The van der Waals surface area contributed by atoms with Crippen molar-refractivity contribution in [1.29, 1.82) is 5.26 Å². The average Bonchev–Trinajstić information content (AvgIpc) is 3.48. The van der Waals surface area contributed by atoms with Gasteiger partial charge in [0.1, 0.15) is 23.6 Å². The zero-order chi connectivity index (χ0) is 32.6. The number of carbonyl (C=O) groups is 1. The molecule has 2 heterocycles.